The van der Waals surface area contributed by atoms with E-state index in [-0.39, 0.29) is 88.4 Å². The predicted octanol–water partition coefficient (Wildman–Crippen LogP) is -2.80. The minimum Gasteiger partial charge on any atom is -1.00 e. The molecule has 0 aromatic rings. The van der Waals surface area contributed by atoms with Crippen LogP contribution in [0.15, 0.2) is 0 Å². The average molecular weight is 207 g/mol. The van der Waals surface area contributed by atoms with Gasteiger partial charge in [0.1, 0.15) is 0 Å². The van der Waals surface area contributed by atoms with Crippen molar-refractivity contribution in [2.45, 2.75) is 0 Å². The molecule has 0 rings (SSSR count). The molecule has 0 amide bonds. The molecular weight excluding hydrogens is 198 g/mol. The van der Waals surface area contributed by atoms with Gasteiger partial charge in [0.05, 0.1) is 0 Å². The Morgan fingerprint density at radius 1 is 1.20 bits per heavy atom. The number of hydrogen-bond acceptors (Lipinski definition) is 0. The van der Waals surface area contributed by atoms with Gasteiger partial charge in [-0.3, -0.25) is 0 Å². The minimum absolute atomic E-state index is 0. The molecule has 0 saturated heterocycles. The van der Waals surface area contributed by atoms with Crippen LogP contribution in [0.25, 0.3) is 0 Å². The predicted molar refractivity (Wildman–Crippen MR) is 29.3 cm³/mol. The maximum Gasteiger partial charge on any atom is 2.00 e. The molecule has 36 valence electrons. The first-order valence-electron chi connectivity index (χ1n) is 0. The summed E-state index contributed by atoms with van der Waals surface area (Å²) in [4.78, 5) is 0. The molecule has 5 heteroatoms. The summed E-state index contributed by atoms with van der Waals surface area (Å²) >= 11 is 0. The minimum atomic E-state index is 0. The van der Waals surface area contributed by atoms with Gasteiger partial charge in [0, 0.05) is 34.1 Å². The zero-order valence-corrected chi connectivity index (χ0v) is 4.92. The molecule has 0 bridgehead atoms. The Morgan fingerprint density at radius 3 is 1.20 bits per heavy atom. The molecular formula is H9AlCuMgMnSi. The summed E-state index contributed by atoms with van der Waals surface area (Å²) in [5, 5.41) is 0. The Labute approximate surface area is 87.4 Å². The van der Waals surface area contributed by atoms with E-state index < -0.39 is 0 Å². The SMILES string of the molecule is [AlH3].[Cu].[H-].[H-].[Mg+2].[Mn].[SiH4]. The smallest absolute Gasteiger partial charge is 1.00 e. The van der Waals surface area contributed by atoms with Gasteiger partial charge in [-0.25, -0.2) is 0 Å². The number of hydrogen-bond donors (Lipinski definition) is 0. The van der Waals surface area contributed by atoms with E-state index in [4.69, 9.17) is 0 Å². The normalized spacial score (nSPS) is 0. The number of rotatable bonds is 0. The van der Waals surface area contributed by atoms with Gasteiger partial charge in [-0.05, 0) is 11.0 Å². The van der Waals surface area contributed by atoms with Crippen LogP contribution in [0, 0.1) is 0 Å². The molecule has 0 aromatic carbocycles. The zero-order valence-electron chi connectivity index (χ0n) is 3.39. The second kappa shape index (κ2) is 31.0. The molecule has 0 aliphatic heterocycles. The average Bonchev–Trinajstić information content (AvgIpc) is 0. The summed E-state index contributed by atoms with van der Waals surface area (Å²) in [6, 6.07) is 0. The van der Waals surface area contributed by atoms with Crippen LogP contribution in [0.3, 0.4) is 0 Å². The van der Waals surface area contributed by atoms with Crippen molar-refractivity contribution in [3.05, 3.63) is 0 Å². The molecule has 0 atom stereocenters. The van der Waals surface area contributed by atoms with E-state index in [1.165, 1.54) is 0 Å². The first-order valence-corrected chi connectivity index (χ1v) is 0. The van der Waals surface area contributed by atoms with Gasteiger partial charge in [-0.1, -0.05) is 0 Å². The van der Waals surface area contributed by atoms with Crippen molar-refractivity contribution in [1.29, 1.82) is 0 Å². The summed E-state index contributed by atoms with van der Waals surface area (Å²) in [5.41, 5.74) is 0. The van der Waals surface area contributed by atoms with Crippen molar-refractivity contribution in [1.82, 2.24) is 0 Å². The van der Waals surface area contributed by atoms with Crippen LogP contribution in [-0.2, 0) is 34.1 Å². The van der Waals surface area contributed by atoms with Crippen LogP contribution in [0.4, 0.5) is 0 Å². The Morgan fingerprint density at radius 2 is 1.20 bits per heavy atom. The van der Waals surface area contributed by atoms with Crippen molar-refractivity contribution in [3.8, 4) is 0 Å². The molecule has 0 unspecified atom stereocenters. The Hall–Kier alpha value is 2.55. The van der Waals surface area contributed by atoms with Crippen LogP contribution in [0.1, 0.15) is 2.85 Å². The summed E-state index contributed by atoms with van der Waals surface area (Å²) in [6.07, 6.45) is 0. The van der Waals surface area contributed by atoms with Gasteiger partial charge in [0.2, 0.25) is 0 Å². The van der Waals surface area contributed by atoms with Crippen LogP contribution < -0.4 is 0 Å². The molecule has 0 aliphatic rings. The molecule has 5 heavy (non-hydrogen) atoms. The molecule has 0 N–H and O–H groups in total. The van der Waals surface area contributed by atoms with Gasteiger partial charge in [0.15, 0.2) is 17.4 Å². The maximum absolute atomic E-state index is 0. The van der Waals surface area contributed by atoms with Gasteiger partial charge in [0.25, 0.3) is 0 Å². The standard InChI is InChI=1S/Al.Cu.Mg.Mn.H4Si.5H/h;;;;1H4;;;;;/q;;+2;;;;;;2*-1. The third kappa shape index (κ3) is 20.8. The Bertz CT molecular complexity index is 17.7. The second-order valence-corrected chi connectivity index (χ2v) is 0. The second-order valence-electron chi connectivity index (χ2n) is 0. The van der Waals surface area contributed by atoms with Crippen molar-refractivity contribution in [2.24, 2.45) is 0 Å². The summed E-state index contributed by atoms with van der Waals surface area (Å²) in [5.74, 6) is 0. The first kappa shape index (κ1) is 49.7. The quantitative estimate of drug-likeness (QED) is 0.376. The fourth-order valence-corrected chi connectivity index (χ4v) is 0. The van der Waals surface area contributed by atoms with Gasteiger partial charge >= 0.3 is 23.1 Å². The third-order valence-electron chi connectivity index (χ3n) is 0. The van der Waals surface area contributed by atoms with E-state index in [1.807, 2.05) is 0 Å². The monoisotopic (exact) mass is 206 g/mol. The maximum atomic E-state index is 0. The molecule has 0 aromatic heterocycles. The molecule has 0 spiro atoms. The summed E-state index contributed by atoms with van der Waals surface area (Å²) in [7, 11) is 0. The van der Waals surface area contributed by atoms with Crippen LogP contribution in [-0.4, -0.2) is 51.4 Å². The molecule has 0 aliphatic carbocycles. The van der Waals surface area contributed by atoms with E-state index in [1.54, 1.807) is 0 Å². The van der Waals surface area contributed by atoms with Crippen LogP contribution >= 0.6 is 0 Å². The van der Waals surface area contributed by atoms with E-state index in [0.29, 0.717) is 0 Å². The van der Waals surface area contributed by atoms with Crippen LogP contribution in [0.2, 0.25) is 0 Å². The Balaban J connectivity index is 0. The van der Waals surface area contributed by atoms with Crippen molar-refractivity contribution in [3.63, 3.8) is 0 Å². The molecule has 2 radical (unpaired) electrons. The van der Waals surface area contributed by atoms with E-state index in [9.17, 15) is 0 Å². The van der Waals surface area contributed by atoms with Gasteiger partial charge in [-0.2, -0.15) is 0 Å². The molecule has 0 saturated carbocycles. The fourth-order valence-electron chi connectivity index (χ4n) is 0. The summed E-state index contributed by atoms with van der Waals surface area (Å²) < 4.78 is 0. The van der Waals surface area contributed by atoms with E-state index in [2.05, 4.69) is 0 Å². The summed E-state index contributed by atoms with van der Waals surface area (Å²) in [6.45, 7) is 0. The first-order chi connectivity index (χ1) is 0. The molecule has 0 fully saturated rings. The zero-order chi connectivity index (χ0) is 0. The van der Waals surface area contributed by atoms with Crippen LogP contribution in [0.5, 0.6) is 0 Å². The largest absolute Gasteiger partial charge is 2.00 e. The topological polar surface area (TPSA) is 0 Å². The van der Waals surface area contributed by atoms with E-state index in [0.717, 1.165) is 0 Å². The van der Waals surface area contributed by atoms with Crippen molar-refractivity contribution in [2.75, 3.05) is 0 Å². The van der Waals surface area contributed by atoms with Gasteiger partial charge < -0.3 is 2.85 Å². The third-order valence-corrected chi connectivity index (χ3v) is 0. The van der Waals surface area contributed by atoms with Gasteiger partial charge in [-0.15, -0.1) is 0 Å². The molecule has 0 heterocycles. The molecule has 0 nitrogen and oxygen atoms in total. The van der Waals surface area contributed by atoms with E-state index >= 15 is 0 Å². The van der Waals surface area contributed by atoms with Crippen molar-refractivity contribution >= 4 is 51.4 Å². The van der Waals surface area contributed by atoms with Crippen molar-refractivity contribution < 1.29 is 37.0 Å². The Kier molecular flexibility index (Phi) is 308. The fraction of sp³-hybridized carbons (Fsp3) is 0.